The molecular weight excluding hydrogens is 231 g/mol. The van der Waals surface area contributed by atoms with Crippen LogP contribution in [0, 0.1) is 5.82 Å². The molecule has 0 saturated carbocycles. The van der Waals surface area contributed by atoms with Crippen LogP contribution in [0.3, 0.4) is 0 Å². The van der Waals surface area contributed by atoms with Crippen molar-refractivity contribution in [3.8, 4) is 0 Å². The second-order valence-electron chi connectivity index (χ2n) is 3.57. The SMILES string of the molecule is CCS(=O)(=O)Cc1cc2cc(F)ccc2o1. The normalized spacial score (nSPS) is 12.1. The van der Waals surface area contributed by atoms with Gasteiger partial charge in [0.2, 0.25) is 0 Å². The van der Waals surface area contributed by atoms with Crippen molar-refractivity contribution in [1.29, 1.82) is 0 Å². The van der Waals surface area contributed by atoms with E-state index in [0.29, 0.717) is 16.7 Å². The molecule has 16 heavy (non-hydrogen) atoms. The summed E-state index contributed by atoms with van der Waals surface area (Å²) < 4.78 is 41.0. The Bertz CT molecular complexity index is 613. The summed E-state index contributed by atoms with van der Waals surface area (Å²) in [7, 11) is -3.12. The molecule has 0 aliphatic carbocycles. The maximum atomic E-state index is 12.9. The number of sulfone groups is 1. The molecule has 2 aromatic rings. The molecule has 0 aliphatic rings. The summed E-state index contributed by atoms with van der Waals surface area (Å²) in [6.07, 6.45) is 0. The van der Waals surface area contributed by atoms with E-state index in [9.17, 15) is 12.8 Å². The van der Waals surface area contributed by atoms with Gasteiger partial charge in [-0.1, -0.05) is 6.92 Å². The minimum atomic E-state index is -3.12. The maximum Gasteiger partial charge on any atom is 0.157 e. The quantitative estimate of drug-likeness (QED) is 0.830. The van der Waals surface area contributed by atoms with Crippen LogP contribution in [0.4, 0.5) is 4.39 Å². The first kappa shape index (κ1) is 11.1. The lowest BCUT2D eigenvalue weighted by Gasteiger charge is -1.95. The number of rotatable bonds is 3. The van der Waals surface area contributed by atoms with Crippen LogP contribution < -0.4 is 0 Å². The number of fused-ring (bicyclic) bond motifs is 1. The van der Waals surface area contributed by atoms with E-state index >= 15 is 0 Å². The van der Waals surface area contributed by atoms with E-state index in [1.807, 2.05) is 0 Å². The van der Waals surface area contributed by atoms with E-state index in [-0.39, 0.29) is 17.3 Å². The van der Waals surface area contributed by atoms with Crippen molar-refractivity contribution in [1.82, 2.24) is 0 Å². The predicted molar refractivity (Wildman–Crippen MR) is 59.3 cm³/mol. The second kappa shape index (κ2) is 3.90. The van der Waals surface area contributed by atoms with Gasteiger partial charge in [0.25, 0.3) is 0 Å². The van der Waals surface area contributed by atoms with E-state index in [1.54, 1.807) is 13.0 Å². The molecule has 1 heterocycles. The van der Waals surface area contributed by atoms with Gasteiger partial charge >= 0.3 is 0 Å². The average molecular weight is 242 g/mol. The fourth-order valence-corrected chi connectivity index (χ4v) is 2.24. The molecule has 1 aromatic carbocycles. The lowest BCUT2D eigenvalue weighted by Crippen LogP contribution is -2.05. The van der Waals surface area contributed by atoms with Crippen molar-refractivity contribution >= 4 is 20.8 Å². The second-order valence-corrected chi connectivity index (χ2v) is 5.92. The Labute approximate surface area is 92.8 Å². The maximum absolute atomic E-state index is 12.9. The Morgan fingerprint density at radius 3 is 2.75 bits per heavy atom. The lowest BCUT2D eigenvalue weighted by molar-refractivity contribution is 0.554. The largest absolute Gasteiger partial charge is 0.460 e. The van der Waals surface area contributed by atoms with Crippen molar-refractivity contribution in [2.45, 2.75) is 12.7 Å². The van der Waals surface area contributed by atoms with Crippen LogP contribution in [-0.4, -0.2) is 14.2 Å². The zero-order chi connectivity index (χ0) is 11.8. The Balaban J connectivity index is 2.40. The molecule has 0 N–H and O–H groups in total. The van der Waals surface area contributed by atoms with Gasteiger partial charge in [-0.05, 0) is 24.3 Å². The summed E-state index contributed by atoms with van der Waals surface area (Å²) in [4.78, 5) is 0. The Morgan fingerprint density at radius 1 is 1.31 bits per heavy atom. The molecule has 0 amide bonds. The standard InChI is InChI=1S/C11H11FO3S/c1-2-16(13,14)7-10-6-8-5-9(12)3-4-11(8)15-10/h3-6H,2,7H2,1H3. The summed E-state index contributed by atoms with van der Waals surface area (Å²) in [6, 6.07) is 5.66. The van der Waals surface area contributed by atoms with Crippen LogP contribution in [0.25, 0.3) is 11.0 Å². The highest BCUT2D eigenvalue weighted by Gasteiger charge is 2.13. The fourth-order valence-electron chi connectivity index (χ4n) is 1.46. The number of furan rings is 1. The van der Waals surface area contributed by atoms with Gasteiger partial charge in [-0.2, -0.15) is 0 Å². The molecule has 0 bridgehead atoms. The highest BCUT2D eigenvalue weighted by Crippen LogP contribution is 2.21. The van der Waals surface area contributed by atoms with Gasteiger partial charge in [0.05, 0.1) is 0 Å². The highest BCUT2D eigenvalue weighted by molar-refractivity contribution is 7.90. The van der Waals surface area contributed by atoms with Crippen molar-refractivity contribution in [3.63, 3.8) is 0 Å². The van der Waals surface area contributed by atoms with Crippen molar-refractivity contribution < 1.29 is 17.2 Å². The third-order valence-corrected chi connectivity index (χ3v) is 3.94. The predicted octanol–water partition coefficient (Wildman–Crippen LogP) is 2.51. The summed E-state index contributed by atoms with van der Waals surface area (Å²) >= 11 is 0. The molecule has 0 spiro atoms. The zero-order valence-corrected chi connectivity index (χ0v) is 9.55. The van der Waals surface area contributed by atoms with Gasteiger partial charge < -0.3 is 4.42 Å². The third-order valence-electron chi connectivity index (χ3n) is 2.33. The Morgan fingerprint density at radius 2 is 2.06 bits per heavy atom. The molecule has 2 rings (SSSR count). The average Bonchev–Trinajstić information content (AvgIpc) is 2.58. The fraction of sp³-hybridized carbons (Fsp3) is 0.273. The number of hydrogen-bond acceptors (Lipinski definition) is 3. The first-order valence-corrected chi connectivity index (χ1v) is 6.71. The van der Waals surface area contributed by atoms with Gasteiger partial charge in [0.15, 0.2) is 9.84 Å². The summed E-state index contributed by atoms with van der Waals surface area (Å²) in [5.74, 6) is -0.0845. The number of hydrogen-bond donors (Lipinski definition) is 0. The molecule has 0 aliphatic heterocycles. The first-order chi connectivity index (χ1) is 7.50. The molecule has 0 radical (unpaired) electrons. The third kappa shape index (κ3) is 2.24. The molecule has 0 atom stereocenters. The molecule has 0 unspecified atom stereocenters. The number of benzene rings is 1. The summed E-state index contributed by atoms with van der Waals surface area (Å²) in [6.45, 7) is 1.58. The van der Waals surface area contributed by atoms with Gasteiger partial charge in [-0.3, -0.25) is 0 Å². The van der Waals surface area contributed by atoms with Crippen LogP contribution in [0.15, 0.2) is 28.7 Å². The Hall–Kier alpha value is -1.36. The summed E-state index contributed by atoms with van der Waals surface area (Å²) in [5, 5.41) is 0.585. The first-order valence-electron chi connectivity index (χ1n) is 4.88. The molecule has 86 valence electrons. The van der Waals surface area contributed by atoms with E-state index in [1.165, 1.54) is 18.2 Å². The molecule has 3 nitrogen and oxygen atoms in total. The zero-order valence-electron chi connectivity index (χ0n) is 8.73. The van der Waals surface area contributed by atoms with Gasteiger partial charge in [0.1, 0.15) is 22.9 Å². The lowest BCUT2D eigenvalue weighted by atomic mass is 10.2. The van der Waals surface area contributed by atoms with Crippen LogP contribution in [0.2, 0.25) is 0 Å². The minimum absolute atomic E-state index is 0.0679. The topological polar surface area (TPSA) is 47.3 Å². The van der Waals surface area contributed by atoms with Crippen molar-refractivity contribution in [2.75, 3.05) is 5.75 Å². The minimum Gasteiger partial charge on any atom is -0.460 e. The van der Waals surface area contributed by atoms with E-state index < -0.39 is 9.84 Å². The van der Waals surface area contributed by atoms with Crippen molar-refractivity contribution in [3.05, 3.63) is 35.8 Å². The van der Waals surface area contributed by atoms with Crippen LogP contribution >= 0.6 is 0 Å². The van der Waals surface area contributed by atoms with E-state index in [0.717, 1.165) is 0 Å². The van der Waals surface area contributed by atoms with Gasteiger partial charge in [0, 0.05) is 11.1 Å². The van der Waals surface area contributed by atoms with E-state index in [2.05, 4.69) is 0 Å². The van der Waals surface area contributed by atoms with Crippen LogP contribution in [0.1, 0.15) is 12.7 Å². The molecule has 0 saturated heterocycles. The monoisotopic (exact) mass is 242 g/mol. The highest BCUT2D eigenvalue weighted by atomic mass is 32.2. The molecule has 5 heteroatoms. The molecule has 0 fully saturated rings. The van der Waals surface area contributed by atoms with Crippen molar-refractivity contribution in [2.24, 2.45) is 0 Å². The molecule has 1 aromatic heterocycles. The Kier molecular flexibility index (Phi) is 2.71. The van der Waals surface area contributed by atoms with Crippen LogP contribution in [-0.2, 0) is 15.6 Å². The van der Waals surface area contributed by atoms with Gasteiger partial charge in [-0.25, -0.2) is 12.8 Å². The van der Waals surface area contributed by atoms with E-state index in [4.69, 9.17) is 4.42 Å². The smallest absolute Gasteiger partial charge is 0.157 e. The van der Waals surface area contributed by atoms with Crippen LogP contribution in [0.5, 0.6) is 0 Å². The van der Waals surface area contributed by atoms with Gasteiger partial charge in [-0.15, -0.1) is 0 Å². The summed E-state index contributed by atoms with van der Waals surface area (Å²) in [5.41, 5.74) is 0.503. The molecular formula is C11H11FO3S. The number of halogens is 1.